The van der Waals surface area contributed by atoms with Crippen LogP contribution in [0.4, 0.5) is 23.1 Å². The van der Waals surface area contributed by atoms with Crippen LogP contribution in [0.3, 0.4) is 0 Å². The van der Waals surface area contributed by atoms with E-state index in [1.165, 1.54) is 5.32 Å². The maximum Gasteiger partial charge on any atom is 0.516 e. The highest BCUT2D eigenvalue weighted by atomic mass is 32.1. The van der Waals surface area contributed by atoms with E-state index in [-0.39, 0.29) is 12.3 Å². The number of nitrogens with one attached hydrogen (secondary N) is 1. The predicted molar refractivity (Wildman–Crippen MR) is 76.1 cm³/mol. The summed E-state index contributed by atoms with van der Waals surface area (Å²) in [4.78, 5) is 37.2. The average molecular weight is 369 g/mol. The Bertz CT molecular complexity index is 605. The molecule has 1 atom stereocenters. The maximum atomic E-state index is 12.1. The molecule has 0 fully saturated rings. The number of carbonyl (C=O) groups excluding carboxylic acids is 3. The van der Waals surface area contributed by atoms with Gasteiger partial charge in [0.25, 0.3) is 0 Å². The van der Waals surface area contributed by atoms with Crippen LogP contribution in [-0.4, -0.2) is 35.8 Å². The number of carbonyl (C=O) groups is 3. The smallest absolute Gasteiger partial charge is 0.434 e. The van der Waals surface area contributed by atoms with Gasteiger partial charge in [-0.2, -0.15) is 13.2 Å². The highest BCUT2D eigenvalue weighted by Gasteiger charge is 2.39. The molecule has 12 heteroatoms. The number of alkyl halides is 3. The Labute approximate surface area is 138 Å². The molecular weight excluding hydrogens is 355 g/mol. The Morgan fingerprint density at radius 3 is 2.67 bits per heavy atom. The zero-order valence-corrected chi connectivity index (χ0v) is 13.2. The summed E-state index contributed by atoms with van der Waals surface area (Å²) in [5, 5.41) is 2.27. The second-order valence-electron chi connectivity index (χ2n) is 4.38. The number of anilines is 1. The lowest BCUT2D eigenvalue weighted by molar-refractivity contribution is -0.167. The normalized spacial score (nSPS) is 12.4. The van der Waals surface area contributed by atoms with Gasteiger partial charge in [0.2, 0.25) is 0 Å². The quantitative estimate of drug-likeness (QED) is 0.447. The number of ether oxygens (including phenoxy) is 2. The molecule has 0 bridgehead atoms. The minimum Gasteiger partial charge on any atom is -0.434 e. The topological polar surface area (TPSA) is 121 Å². The molecule has 0 aliphatic heterocycles. The molecule has 1 rings (SSSR count). The van der Waals surface area contributed by atoms with E-state index in [2.05, 4.69) is 14.5 Å². The monoisotopic (exact) mass is 369 g/mol. The van der Waals surface area contributed by atoms with Gasteiger partial charge in [0.05, 0.1) is 12.3 Å². The fourth-order valence-corrected chi connectivity index (χ4v) is 1.99. The van der Waals surface area contributed by atoms with Crippen LogP contribution in [0.15, 0.2) is 5.38 Å². The lowest BCUT2D eigenvalue weighted by Crippen LogP contribution is -2.30. The van der Waals surface area contributed by atoms with Crippen molar-refractivity contribution in [2.75, 3.05) is 11.9 Å². The van der Waals surface area contributed by atoms with Crippen molar-refractivity contribution < 1.29 is 37.0 Å². The highest BCUT2D eigenvalue weighted by Crippen LogP contribution is 2.23. The Kier molecular flexibility index (Phi) is 7.10. The Balaban J connectivity index is 2.59. The van der Waals surface area contributed by atoms with Gasteiger partial charge in [0.1, 0.15) is 6.04 Å². The summed E-state index contributed by atoms with van der Waals surface area (Å²) in [6.07, 6.45) is -4.95. The zero-order valence-electron chi connectivity index (χ0n) is 12.4. The van der Waals surface area contributed by atoms with Crippen molar-refractivity contribution in [3.63, 3.8) is 0 Å². The first-order chi connectivity index (χ1) is 11.1. The van der Waals surface area contributed by atoms with E-state index in [4.69, 9.17) is 5.73 Å². The van der Waals surface area contributed by atoms with E-state index in [1.807, 2.05) is 6.92 Å². The first kappa shape index (κ1) is 19.8. The lowest BCUT2D eigenvalue weighted by Gasteiger charge is -2.08. The summed E-state index contributed by atoms with van der Waals surface area (Å²) in [6.45, 7) is 1.94. The summed E-state index contributed by atoms with van der Waals surface area (Å²) in [7, 11) is 0. The lowest BCUT2D eigenvalue weighted by atomic mass is 10.2. The van der Waals surface area contributed by atoms with E-state index in [0.29, 0.717) is 17.8 Å². The molecule has 1 unspecified atom stereocenters. The molecule has 0 aromatic carbocycles. The fourth-order valence-electron chi connectivity index (χ4n) is 1.25. The van der Waals surface area contributed by atoms with Crippen molar-refractivity contribution in [2.45, 2.75) is 32.0 Å². The molecule has 3 N–H and O–H groups in total. The van der Waals surface area contributed by atoms with E-state index in [9.17, 15) is 27.6 Å². The molecule has 24 heavy (non-hydrogen) atoms. The van der Waals surface area contributed by atoms with E-state index < -0.39 is 35.4 Å². The van der Waals surface area contributed by atoms with Crippen molar-refractivity contribution >= 4 is 34.5 Å². The number of amides is 1. The molecule has 0 aliphatic carbocycles. The summed E-state index contributed by atoms with van der Waals surface area (Å²) in [6, 6.07) is -1.52. The second kappa shape index (κ2) is 8.59. The van der Waals surface area contributed by atoms with Crippen LogP contribution in [0.2, 0.25) is 0 Å². The van der Waals surface area contributed by atoms with Gasteiger partial charge in [-0.15, -0.1) is 11.3 Å². The van der Waals surface area contributed by atoms with Gasteiger partial charge in [0.15, 0.2) is 5.13 Å². The van der Waals surface area contributed by atoms with Gasteiger partial charge in [-0.3, -0.25) is 10.1 Å². The minimum absolute atomic E-state index is 0.0716. The molecule has 0 spiro atoms. The average Bonchev–Trinajstić information content (AvgIpc) is 2.94. The molecule has 0 saturated heterocycles. The fraction of sp³-hybridized carbons (Fsp3) is 0.500. The molecule has 0 radical (unpaired) electrons. The zero-order chi connectivity index (χ0) is 18.3. The van der Waals surface area contributed by atoms with Crippen molar-refractivity contribution in [3.05, 3.63) is 11.1 Å². The minimum atomic E-state index is -5.07. The largest absolute Gasteiger partial charge is 0.516 e. The number of aromatic nitrogens is 1. The number of halogens is 3. The number of unbranched alkanes of at least 4 members (excludes halogenated alkanes) is 1. The van der Waals surface area contributed by atoms with Gasteiger partial charge in [-0.05, 0) is 6.42 Å². The SMILES string of the molecule is CCCCOC(=O)OC(=O)C(N)c1csc(NC(=O)C(F)(F)F)n1. The van der Waals surface area contributed by atoms with Gasteiger partial charge in [0, 0.05) is 5.38 Å². The van der Waals surface area contributed by atoms with Crippen molar-refractivity contribution in [3.8, 4) is 0 Å². The molecule has 1 heterocycles. The van der Waals surface area contributed by atoms with Crippen molar-refractivity contribution in [2.24, 2.45) is 5.73 Å². The van der Waals surface area contributed by atoms with Crippen LogP contribution in [0.5, 0.6) is 0 Å². The summed E-state index contributed by atoms with van der Waals surface area (Å²) >= 11 is 0.628. The summed E-state index contributed by atoms with van der Waals surface area (Å²) < 4.78 is 45.3. The Morgan fingerprint density at radius 1 is 1.42 bits per heavy atom. The van der Waals surface area contributed by atoms with Gasteiger partial charge in [-0.25, -0.2) is 14.6 Å². The number of rotatable bonds is 6. The number of hydrogen-bond acceptors (Lipinski definition) is 8. The maximum absolute atomic E-state index is 12.1. The van der Waals surface area contributed by atoms with Crippen LogP contribution in [0.1, 0.15) is 31.5 Å². The van der Waals surface area contributed by atoms with Crippen molar-refractivity contribution in [1.29, 1.82) is 0 Å². The summed E-state index contributed by atoms with van der Waals surface area (Å²) in [5.41, 5.74) is 5.34. The van der Waals surface area contributed by atoms with E-state index in [1.54, 1.807) is 0 Å². The molecule has 0 aliphatic rings. The van der Waals surface area contributed by atoms with Crippen LogP contribution in [0.25, 0.3) is 0 Å². The third kappa shape index (κ3) is 6.12. The number of esters is 1. The van der Waals surface area contributed by atoms with Crippen LogP contribution in [-0.2, 0) is 19.1 Å². The van der Waals surface area contributed by atoms with E-state index in [0.717, 1.165) is 11.8 Å². The third-order valence-corrected chi connectivity index (χ3v) is 3.25. The predicted octanol–water partition coefficient (Wildman–Crippen LogP) is 2.12. The second-order valence-corrected chi connectivity index (χ2v) is 5.24. The van der Waals surface area contributed by atoms with Crippen LogP contribution >= 0.6 is 11.3 Å². The number of nitrogens with zero attached hydrogens (tertiary/aromatic N) is 1. The van der Waals surface area contributed by atoms with Gasteiger partial charge < -0.3 is 15.2 Å². The third-order valence-electron chi connectivity index (χ3n) is 2.47. The first-order valence-corrected chi connectivity index (χ1v) is 7.50. The molecule has 0 saturated carbocycles. The van der Waals surface area contributed by atoms with E-state index >= 15 is 0 Å². The standard InChI is InChI=1S/C12H14F3N3O5S/c1-2-3-4-22-11(21)23-8(19)7(16)6-5-24-10(17-6)18-9(20)12(13,14)15/h5,7H,2-4,16H2,1H3,(H,17,18,20). The number of nitrogens with two attached hydrogens (primary N) is 1. The van der Waals surface area contributed by atoms with Crippen LogP contribution in [0, 0.1) is 0 Å². The molecule has 1 amide bonds. The molecule has 1 aromatic heterocycles. The molecule has 134 valence electrons. The Hall–Kier alpha value is -2.21. The Morgan fingerprint density at radius 2 is 2.08 bits per heavy atom. The van der Waals surface area contributed by atoms with Gasteiger partial charge >= 0.3 is 24.2 Å². The number of hydrogen-bond donors (Lipinski definition) is 2. The van der Waals surface area contributed by atoms with Crippen molar-refractivity contribution in [1.82, 2.24) is 4.98 Å². The molecule has 1 aromatic rings. The number of thiazole rings is 1. The first-order valence-electron chi connectivity index (χ1n) is 6.62. The molecule has 8 nitrogen and oxygen atoms in total. The molecular formula is C12H14F3N3O5S. The van der Waals surface area contributed by atoms with Gasteiger partial charge in [-0.1, -0.05) is 13.3 Å². The highest BCUT2D eigenvalue weighted by molar-refractivity contribution is 7.14. The van der Waals surface area contributed by atoms with Crippen LogP contribution < -0.4 is 11.1 Å². The summed E-state index contributed by atoms with van der Waals surface area (Å²) in [5.74, 6) is -3.39.